The summed E-state index contributed by atoms with van der Waals surface area (Å²) in [5.74, 6) is -0.395. The minimum atomic E-state index is -0.675. The van der Waals surface area contributed by atoms with Crippen LogP contribution in [0.15, 0.2) is 18.2 Å². The van der Waals surface area contributed by atoms with Crippen molar-refractivity contribution in [1.82, 2.24) is 0 Å². The molecule has 0 unspecified atom stereocenters. The number of aromatic hydroxyl groups is 1. The monoisotopic (exact) mass is 224 g/mol. The molecule has 1 aliphatic carbocycles. The first-order valence-corrected chi connectivity index (χ1v) is 4.87. The van der Waals surface area contributed by atoms with Gasteiger partial charge in [-0.2, -0.15) is 0 Å². The van der Waals surface area contributed by atoms with Crippen LogP contribution in [0.4, 0.5) is 5.69 Å². The van der Waals surface area contributed by atoms with E-state index in [1.54, 1.807) is 0 Å². The molecule has 86 valence electrons. The molecule has 1 aromatic rings. The maximum atomic E-state index is 10.5. The van der Waals surface area contributed by atoms with Gasteiger partial charge in [-0.15, -0.1) is 0 Å². The first kappa shape index (κ1) is 10.8. The largest absolute Gasteiger partial charge is 0.502 e. The second kappa shape index (κ2) is 3.43. The Labute approximate surface area is 91.5 Å². The van der Waals surface area contributed by atoms with E-state index in [2.05, 4.69) is 0 Å². The molecule has 0 bridgehead atoms. The molecule has 0 spiro atoms. The number of nitro benzene ring substituents is 1. The molecule has 0 atom stereocenters. The number of benzene rings is 1. The topological polar surface area (TPSA) is 110 Å². The van der Waals surface area contributed by atoms with E-state index in [9.17, 15) is 20.3 Å². The van der Waals surface area contributed by atoms with Crippen molar-refractivity contribution in [2.24, 2.45) is 5.73 Å². The Hall–Kier alpha value is -1.66. The van der Waals surface area contributed by atoms with E-state index in [1.807, 2.05) is 0 Å². The van der Waals surface area contributed by atoms with Gasteiger partial charge in [0.25, 0.3) is 0 Å². The zero-order chi connectivity index (χ0) is 11.9. The number of nitrogens with zero attached hydrogens (tertiary/aromatic N) is 1. The number of aliphatic hydroxyl groups is 1. The predicted molar refractivity (Wildman–Crippen MR) is 55.9 cm³/mol. The second-order valence-electron chi connectivity index (χ2n) is 4.18. The van der Waals surface area contributed by atoms with Crippen molar-refractivity contribution in [2.45, 2.75) is 24.5 Å². The van der Waals surface area contributed by atoms with Gasteiger partial charge in [0.05, 0.1) is 11.0 Å². The van der Waals surface area contributed by atoms with Crippen molar-refractivity contribution in [3.05, 3.63) is 33.9 Å². The number of aliphatic hydroxyl groups excluding tert-OH is 1. The van der Waals surface area contributed by atoms with Crippen LogP contribution in [0.5, 0.6) is 5.75 Å². The quantitative estimate of drug-likeness (QED) is 0.503. The van der Waals surface area contributed by atoms with Crippen LogP contribution >= 0.6 is 0 Å². The highest BCUT2D eigenvalue weighted by Crippen LogP contribution is 2.41. The molecule has 0 aliphatic heterocycles. The number of phenolic OH excluding ortho intramolecular Hbond substituents is 1. The van der Waals surface area contributed by atoms with E-state index < -0.39 is 22.3 Å². The van der Waals surface area contributed by atoms with Crippen LogP contribution in [0.3, 0.4) is 0 Å². The summed E-state index contributed by atoms with van der Waals surface area (Å²) >= 11 is 0. The highest BCUT2D eigenvalue weighted by molar-refractivity contribution is 5.49. The first-order valence-electron chi connectivity index (χ1n) is 4.87. The lowest BCUT2D eigenvalue weighted by molar-refractivity contribution is -0.385. The molecule has 0 amide bonds. The Morgan fingerprint density at radius 3 is 2.56 bits per heavy atom. The average molecular weight is 224 g/mol. The van der Waals surface area contributed by atoms with Crippen LogP contribution in [0, 0.1) is 10.1 Å². The summed E-state index contributed by atoms with van der Waals surface area (Å²) in [6.45, 7) is 0. The van der Waals surface area contributed by atoms with Crippen molar-refractivity contribution >= 4 is 5.69 Å². The molecule has 1 saturated carbocycles. The molecular weight excluding hydrogens is 212 g/mol. The fourth-order valence-corrected chi connectivity index (χ4v) is 2.00. The molecule has 16 heavy (non-hydrogen) atoms. The summed E-state index contributed by atoms with van der Waals surface area (Å²) in [6.07, 6.45) is 0.386. The van der Waals surface area contributed by atoms with Gasteiger partial charge in [-0.1, -0.05) is 6.07 Å². The van der Waals surface area contributed by atoms with Gasteiger partial charge in [0.15, 0.2) is 5.75 Å². The van der Waals surface area contributed by atoms with Crippen LogP contribution in [0.25, 0.3) is 0 Å². The number of hydrogen-bond donors (Lipinski definition) is 3. The fourth-order valence-electron chi connectivity index (χ4n) is 2.00. The minimum Gasteiger partial charge on any atom is -0.502 e. The molecule has 0 aromatic heterocycles. The van der Waals surface area contributed by atoms with Gasteiger partial charge in [-0.05, 0) is 24.5 Å². The molecule has 0 saturated heterocycles. The van der Waals surface area contributed by atoms with Gasteiger partial charge in [0, 0.05) is 11.6 Å². The molecule has 0 heterocycles. The normalized spacial score (nSPS) is 28.5. The van der Waals surface area contributed by atoms with E-state index >= 15 is 0 Å². The summed E-state index contributed by atoms with van der Waals surface area (Å²) in [5.41, 5.74) is 5.57. The van der Waals surface area contributed by atoms with Gasteiger partial charge < -0.3 is 15.9 Å². The lowest BCUT2D eigenvalue weighted by Crippen LogP contribution is -2.51. The van der Waals surface area contributed by atoms with Crippen LogP contribution < -0.4 is 5.73 Å². The van der Waals surface area contributed by atoms with Crippen LogP contribution in [0.2, 0.25) is 0 Å². The van der Waals surface area contributed by atoms with Crippen molar-refractivity contribution in [3.63, 3.8) is 0 Å². The number of nitro groups is 1. The Bertz CT molecular complexity index is 440. The predicted octanol–water partition coefficient (Wildman–Crippen LogP) is 0.609. The SMILES string of the molecule is NC1(c2ccc([N+](=O)[O-])c(O)c2)CC(O)C1. The fraction of sp³-hybridized carbons (Fsp3) is 0.400. The maximum Gasteiger partial charge on any atom is 0.310 e. The number of phenols is 1. The maximum absolute atomic E-state index is 10.5. The standard InChI is InChI=1S/C10H12N2O4/c11-10(4-7(13)5-10)6-1-2-8(12(15)16)9(14)3-6/h1-3,7,13-14H,4-5,11H2. The Balaban J connectivity index is 2.32. The zero-order valence-corrected chi connectivity index (χ0v) is 8.46. The highest BCUT2D eigenvalue weighted by atomic mass is 16.6. The first-order chi connectivity index (χ1) is 7.42. The number of rotatable bonds is 2. The Morgan fingerprint density at radius 1 is 1.50 bits per heavy atom. The summed E-state index contributed by atoms with van der Waals surface area (Å²) < 4.78 is 0. The van der Waals surface area contributed by atoms with E-state index in [-0.39, 0.29) is 5.69 Å². The van der Waals surface area contributed by atoms with Crippen molar-refractivity contribution < 1.29 is 15.1 Å². The summed E-state index contributed by atoms with van der Waals surface area (Å²) in [5, 5.41) is 29.1. The number of hydrogen-bond acceptors (Lipinski definition) is 5. The van der Waals surface area contributed by atoms with Gasteiger partial charge in [-0.25, -0.2) is 0 Å². The molecule has 1 aromatic carbocycles. The third kappa shape index (κ3) is 1.62. The van der Waals surface area contributed by atoms with E-state index in [0.29, 0.717) is 18.4 Å². The van der Waals surface area contributed by atoms with Gasteiger partial charge in [-0.3, -0.25) is 10.1 Å². The zero-order valence-electron chi connectivity index (χ0n) is 8.46. The number of nitrogens with two attached hydrogens (primary N) is 1. The molecule has 4 N–H and O–H groups in total. The van der Waals surface area contributed by atoms with Gasteiger partial charge >= 0.3 is 5.69 Å². The third-order valence-electron chi connectivity index (χ3n) is 2.95. The van der Waals surface area contributed by atoms with Crippen LogP contribution in [0.1, 0.15) is 18.4 Å². The third-order valence-corrected chi connectivity index (χ3v) is 2.95. The summed E-state index contributed by atoms with van der Waals surface area (Å²) in [4.78, 5) is 9.84. The van der Waals surface area contributed by atoms with E-state index in [0.717, 1.165) is 0 Å². The molecule has 6 heteroatoms. The smallest absolute Gasteiger partial charge is 0.310 e. The minimum absolute atomic E-state index is 0.341. The lowest BCUT2D eigenvalue weighted by Gasteiger charge is -2.42. The molecule has 0 radical (unpaired) electrons. The van der Waals surface area contributed by atoms with E-state index in [4.69, 9.17) is 5.73 Å². The van der Waals surface area contributed by atoms with E-state index in [1.165, 1.54) is 18.2 Å². The summed E-state index contributed by atoms with van der Waals surface area (Å²) in [7, 11) is 0. The lowest BCUT2D eigenvalue weighted by atomic mass is 9.70. The van der Waals surface area contributed by atoms with Crippen LogP contribution in [-0.4, -0.2) is 21.2 Å². The average Bonchev–Trinajstić information content (AvgIpc) is 2.14. The van der Waals surface area contributed by atoms with Crippen molar-refractivity contribution in [3.8, 4) is 5.75 Å². The molecule has 1 aliphatic rings. The molecule has 2 rings (SSSR count). The Kier molecular flexibility index (Phi) is 2.32. The highest BCUT2D eigenvalue weighted by Gasteiger charge is 2.42. The van der Waals surface area contributed by atoms with Gasteiger partial charge in [0.1, 0.15) is 0 Å². The van der Waals surface area contributed by atoms with Gasteiger partial charge in [0.2, 0.25) is 0 Å². The van der Waals surface area contributed by atoms with Crippen LogP contribution in [-0.2, 0) is 5.54 Å². The summed E-state index contributed by atoms with van der Waals surface area (Å²) in [6, 6.07) is 4.04. The van der Waals surface area contributed by atoms with Crippen molar-refractivity contribution in [2.75, 3.05) is 0 Å². The Morgan fingerprint density at radius 2 is 2.12 bits per heavy atom. The molecule has 1 fully saturated rings. The second-order valence-corrected chi connectivity index (χ2v) is 4.18. The molecule has 6 nitrogen and oxygen atoms in total. The van der Waals surface area contributed by atoms with Crippen molar-refractivity contribution in [1.29, 1.82) is 0 Å². The molecular formula is C10H12N2O4.